The summed E-state index contributed by atoms with van der Waals surface area (Å²) in [5.41, 5.74) is 0.430. The van der Waals surface area contributed by atoms with Gasteiger partial charge in [-0.05, 0) is 26.8 Å². The summed E-state index contributed by atoms with van der Waals surface area (Å²) in [7, 11) is 1.76. The molecule has 2 unspecified atom stereocenters. The van der Waals surface area contributed by atoms with Gasteiger partial charge >= 0.3 is 5.79 Å². The number of nitrogens with one attached hydrogen (secondary N) is 3. The van der Waals surface area contributed by atoms with Gasteiger partial charge in [0.05, 0.1) is 6.67 Å². The number of aliphatic hydroxyl groups excluding tert-OH is 1. The molecule has 0 spiro atoms. The van der Waals surface area contributed by atoms with Crippen LogP contribution in [0.5, 0.6) is 11.6 Å². The van der Waals surface area contributed by atoms with Crippen molar-refractivity contribution in [2.24, 2.45) is 0 Å². The summed E-state index contributed by atoms with van der Waals surface area (Å²) in [6.07, 6.45) is -0.172. The summed E-state index contributed by atoms with van der Waals surface area (Å²) in [5, 5.41) is 62.8. The van der Waals surface area contributed by atoms with E-state index in [1.165, 1.54) is 11.0 Å². The lowest BCUT2D eigenvalue weighted by atomic mass is 10.1. The normalized spacial score (nSPS) is 13.7. The van der Waals surface area contributed by atoms with Crippen molar-refractivity contribution in [2.45, 2.75) is 51.8 Å². The topological polar surface area (TPSA) is 188 Å². The van der Waals surface area contributed by atoms with Crippen molar-refractivity contribution in [1.29, 1.82) is 5.26 Å². The van der Waals surface area contributed by atoms with E-state index in [9.17, 15) is 30.3 Å². The maximum absolute atomic E-state index is 12.1. The van der Waals surface area contributed by atoms with Crippen LogP contribution in [0.1, 0.15) is 32.8 Å². The predicted molar refractivity (Wildman–Crippen MR) is 108 cm³/mol. The van der Waals surface area contributed by atoms with Gasteiger partial charge < -0.3 is 40.7 Å². The monoisotopic (exact) mass is 428 g/mol. The Balaban J connectivity index is 2.69. The maximum Gasteiger partial charge on any atom is 0.336 e. The van der Waals surface area contributed by atoms with E-state index in [1.807, 2.05) is 11.8 Å². The van der Waals surface area contributed by atoms with Gasteiger partial charge in [0.2, 0.25) is 5.88 Å². The molecule has 0 fully saturated rings. The van der Waals surface area contributed by atoms with Gasteiger partial charge in [0, 0.05) is 24.7 Å². The molecule has 8 N–H and O–H groups in total. The van der Waals surface area contributed by atoms with Crippen molar-refractivity contribution < 1.29 is 30.3 Å². The number of amides is 1. The van der Waals surface area contributed by atoms with E-state index in [2.05, 4.69) is 15.6 Å². The van der Waals surface area contributed by atoms with Gasteiger partial charge in [-0.25, -0.2) is 0 Å². The zero-order chi connectivity index (χ0) is 23.1. The fourth-order valence-electron chi connectivity index (χ4n) is 2.99. The van der Waals surface area contributed by atoms with Crippen LogP contribution in [0.4, 0.5) is 5.82 Å². The van der Waals surface area contributed by atoms with Crippen LogP contribution >= 0.6 is 0 Å². The van der Waals surface area contributed by atoms with E-state index >= 15 is 0 Å². The standard InChI is InChI=1S/C18H32N6O6/c1-5-11(8-24(7-3)16(27)18(29,30)9-19)23(4)10-20-17(28)22-14-12(6-2)13(25)15(26)21-14/h11,17,20-22,25-26,28-30H,5-8,10H2,1-4H3. The minimum absolute atomic E-state index is 0.149. The highest BCUT2D eigenvalue weighted by Gasteiger charge is 2.38. The molecule has 0 aromatic carbocycles. The molecule has 0 radical (unpaired) electrons. The van der Waals surface area contributed by atoms with Crippen LogP contribution in [0.25, 0.3) is 0 Å². The van der Waals surface area contributed by atoms with Crippen molar-refractivity contribution in [1.82, 2.24) is 20.1 Å². The maximum atomic E-state index is 12.1. The molecule has 12 nitrogen and oxygen atoms in total. The van der Waals surface area contributed by atoms with E-state index in [0.717, 1.165) is 0 Å². The second-order valence-electron chi connectivity index (χ2n) is 6.89. The van der Waals surface area contributed by atoms with Gasteiger partial charge in [0.25, 0.3) is 5.91 Å². The number of aromatic hydroxyl groups is 2. The highest BCUT2D eigenvalue weighted by atomic mass is 16.5. The van der Waals surface area contributed by atoms with Gasteiger partial charge in [-0.2, -0.15) is 5.26 Å². The first-order valence-corrected chi connectivity index (χ1v) is 9.68. The smallest absolute Gasteiger partial charge is 0.336 e. The summed E-state index contributed by atoms with van der Waals surface area (Å²) >= 11 is 0. The number of likely N-dealkylation sites (N-methyl/N-ethyl adjacent to an activating group) is 2. The number of aromatic amines is 1. The second kappa shape index (κ2) is 11.0. The Hall–Kier alpha value is -2.56. The molecular formula is C18H32N6O6. The Morgan fingerprint density at radius 1 is 1.30 bits per heavy atom. The molecule has 0 aliphatic carbocycles. The predicted octanol–water partition coefficient (Wildman–Crippen LogP) is -1.01. The summed E-state index contributed by atoms with van der Waals surface area (Å²) in [4.78, 5) is 17.7. The van der Waals surface area contributed by atoms with E-state index < -0.39 is 23.9 Å². The molecular weight excluding hydrogens is 396 g/mol. The SMILES string of the molecule is CCc1c(NC(O)NCN(C)C(CC)CN(CC)C(=O)C(O)(O)C#N)[nH]c(O)c1O. The van der Waals surface area contributed by atoms with Crippen molar-refractivity contribution in [3.8, 4) is 17.7 Å². The summed E-state index contributed by atoms with van der Waals surface area (Å²) in [6.45, 7) is 5.87. The first-order chi connectivity index (χ1) is 14.0. The Morgan fingerprint density at radius 2 is 1.93 bits per heavy atom. The first-order valence-electron chi connectivity index (χ1n) is 9.68. The zero-order valence-electron chi connectivity index (χ0n) is 17.7. The van der Waals surface area contributed by atoms with Crippen LogP contribution in [0.2, 0.25) is 0 Å². The van der Waals surface area contributed by atoms with Gasteiger partial charge in [-0.3, -0.25) is 15.0 Å². The van der Waals surface area contributed by atoms with Crippen LogP contribution in [-0.4, -0.2) is 91.2 Å². The summed E-state index contributed by atoms with van der Waals surface area (Å²) in [6, 6.07) is 0.968. The molecule has 1 amide bonds. The van der Waals surface area contributed by atoms with Crippen LogP contribution in [-0.2, 0) is 11.2 Å². The van der Waals surface area contributed by atoms with Crippen LogP contribution in [0, 0.1) is 11.3 Å². The minimum Gasteiger partial charge on any atom is -0.503 e. The number of rotatable bonds is 12. The van der Waals surface area contributed by atoms with Crippen LogP contribution < -0.4 is 10.6 Å². The van der Waals surface area contributed by atoms with E-state index in [0.29, 0.717) is 18.4 Å². The zero-order valence-corrected chi connectivity index (χ0v) is 17.7. The molecule has 12 heteroatoms. The lowest BCUT2D eigenvalue weighted by Gasteiger charge is -2.34. The number of carbonyl (C=O) groups is 1. The summed E-state index contributed by atoms with van der Waals surface area (Å²) < 4.78 is 0. The van der Waals surface area contributed by atoms with Crippen molar-refractivity contribution >= 4 is 11.7 Å². The quantitative estimate of drug-likeness (QED) is 0.151. The molecule has 0 saturated carbocycles. The molecule has 170 valence electrons. The number of nitriles is 1. The van der Waals surface area contributed by atoms with E-state index in [4.69, 9.17) is 5.26 Å². The lowest BCUT2D eigenvalue weighted by molar-refractivity contribution is -0.177. The third-order valence-corrected chi connectivity index (χ3v) is 4.87. The van der Waals surface area contributed by atoms with Gasteiger partial charge in [-0.15, -0.1) is 0 Å². The van der Waals surface area contributed by atoms with Gasteiger partial charge in [0.15, 0.2) is 12.1 Å². The molecule has 1 aromatic rings. The number of H-pyrrole nitrogens is 1. The molecule has 0 saturated heterocycles. The number of anilines is 1. The fraction of sp³-hybridized carbons (Fsp3) is 0.667. The average molecular weight is 428 g/mol. The second-order valence-corrected chi connectivity index (χ2v) is 6.89. The molecule has 30 heavy (non-hydrogen) atoms. The Bertz CT molecular complexity index is 746. The Morgan fingerprint density at radius 3 is 2.43 bits per heavy atom. The number of hydrogen-bond acceptors (Lipinski definition) is 10. The highest BCUT2D eigenvalue weighted by molar-refractivity contribution is 5.86. The third-order valence-electron chi connectivity index (χ3n) is 4.87. The van der Waals surface area contributed by atoms with E-state index in [-0.39, 0.29) is 37.4 Å². The molecule has 1 rings (SSSR count). The third kappa shape index (κ3) is 6.22. The van der Waals surface area contributed by atoms with Gasteiger partial charge in [0.1, 0.15) is 11.9 Å². The van der Waals surface area contributed by atoms with Crippen LogP contribution in [0.3, 0.4) is 0 Å². The number of aromatic nitrogens is 1. The summed E-state index contributed by atoms with van der Waals surface area (Å²) in [5.74, 6) is -4.55. The molecule has 2 atom stereocenters. The first kappa shape index (κ1) is 25.5. The fourth-order valence-corrected chi connectivity index (χ4v) is 2.99. The highest BCUT2D eigenvalue weighted by Crippen LogP contribution is 2.34. The Kier molecular flexibility index (Phi) is 9.34. The van der Waals surface area contributed by atoms with E-state index in [1.54, 1.807) is 20.9 Å². The molecule has 1 aromatic heterocycles. The van der Waals surface area contributed by atoms with Crippen molar-refractivity contribution in [3.05, 3.63) is 5.56 Å². The molecule has 0 aliphatic rings. The average Bonchev–Trinajstić information content (AvgIpc) is 2.98. The Labute approximate surface area is 175 Å². The number of nitrogens with zero attached hydrogens (tertiary/aromatic N) is 3. The van der Waals surface area contributed by atoms with Crippen LogP contribution in [0.15, 0.2) is 0 Å². The number of aliphatic hydroxyl groups is 3. The number of carbonyl (C=O) groups excluding carboxylic acids is 1. The van der Waals surface area contributed by atoms with Crippen molar-refractivity contribution in [3.63, 3.8) is 0 Å². The van der Waals surface area contributed by atoms with Crippen molar-refractivity contribution in [2.75, 3.05) is 32.1 Å². The molecule has 0 aliphatic heterocycles. The molecule has 0 bridgehead atoms. The number of hydrogen-bond donors (Lipinski definition) is 8. The largest absolute Gasteiger partial charge is 0.503 e. The lowest BCUT2D eigenvalue weighted by Crippen LogP contribution is -2.54. The van der Waals surface area contributed by atoms with Gasteiger partial charge in [-0.1, -0.05) is 13.8 Å². The minimum atomic E-state index is -3.07. The molecule has 1 heterocycles.